The van der Waals surface area contributed by atoms with Gasteiger partial charge >= 0.3 is 34.5 Å². The van der Waals surface area contributed by atoms with Crippen LogP contribution in [0.1, 0.15) is 34.6 Å². The normalized spacial score (nSPS) is 14.3. The van der Waals surface area contributed by atoms with Crippen molar-refractivity contribution in [2.24, 2.45) is 5.41 Å². The molecule has 170 valence electrons. The first-order valence-electron chi connectivity index (χ1n) is 10.4. The SMILES string of the molecule is CC1=[C-]C(C)(C)C(C)=C1C.[Cl][Ru][Cl].c1ccc(P(c2ccccc2)c2ccccc2)cc1. The smallest absolute Gasteiger partial charge is 0.0134 e. The second kappa shape index (κ2) is 13.5. The predicted molar refractivity (Wildman–Crippen MR) is 141 cm³/mol. The average molecular weight is 569 g/mol. The Bertz CT molecular complexity index is 919. The maximum atomic E-state index is 4.85. The molecule has 0 saturated heterocycles. The molecule has 4 heteroatoms. The summed E-state index contributed by atoms with van der Waals surface area (Å²) in [5, 5.41) is 4.19. The molecule has 0 amide bonds. The quantitative estimate of drug-likeness (QED) is 0.171. The van der Waals surface area contributed by atoms with Crippen LogP contribution in [-0.2, 0) is 15.1 Å². The summed E-state index contributed by atoms with van der Waals surface area (Å²) in [4.78, 5) is 0. The third kappa shape index (κ3) is 7.68. The summed E-state index contributed by atoms with van der Waals surface area (Å²) in [6.07, 6.45) is 3.44. The van der Waals surface area contributed by atoms with Crippen molar-refractivity contribution >= 4 is 43.2 Å². The fourth-order valence-electron chi connectivity index (χ4n) is 3.58. The fraction of sp³-hybridized carbons (Fsp3) is 0.214. The minimum Gasteiger partial charge on any atom is -0.0622 e. The monoisotopic (exact) mass is 569 g/mol. The molecule has 3 aromatic rings. The van der Waals surface area contributed by atoms with Crippen LogP contribution in [-0.4, -0.2) is 0 Å². The molecular formula is C28H30Cl2PRu-. The number of rotatable bonds is 3. The van der Waals surface area contributed by atoms with Crippen molar-refractivity contribution in [1.82, 2.24) is 0 Å². The Labute approximate surface area is 211 Å². The Hall–Kier alpha value is -1.23. The Morgan fingerprint density at radius 2 is 0.969 bits per heavy atom. The zero-order chi connectivity index (χ0) is 23.6. The van der Waals surface area contributed by atoms with E-state index in [1.165, 1.54) is 32.6 Å². The molecule has 4 rings (SSSR count). The predicted octanol–water partition coefficient (Wildman–Crippen LogP) is 7.93. The summed E-state index contributed by atoms with van der Waals surface area (Å²) in [7, 11) is 9.26. The molecule has 0 N–H and O–H groups in total. The molecular weight excluding hydrogens is 539 g/mol. The largest absolute Gasteiger partial charge is 0.0622 e. The molecule has 1 aliphatic carbocycles. The van der Waals surface area contributed by atoms with Gasteiger partial charge in [-0.2, -0.15) is 11.1 Å². The molecule has 0 aromatic heterocycles. The second-order valence-corrected chi connectivity index (χ2v) is 12.9. The number of halogens is 2. The van der Waals surface area contributed by atoms with E-state index in [2.05, 4.69) is 132 Å². The van der Waals surface area contributed by atoms with Crippen LogP contribution in [0.15, 0.2) is 108 Å². The van der Waals surface area contributed by atoms with Gasteiger partial charge in [0.15, 0.2) is 0 Å². The Balaban J connectivity index is 0.000000235. The van der Waals surface area contributed by atoms with E-state index in [9.17, 15) is 0 Å². The van der Waals surface area contributed by atoms with Crippen molar-refractivity contribution < 1.29 is 15.1 Å². The topological polar surface area (TPSA) is 0 Å². The minimum atomic E-state index is -0.446. The summed E-state index contributed by atoms with van der Waals surface area (Å²) < 4.78 is 0. The molecule has 0 unspecified atom stereocenters. The van der Waals surface area contributed by atoms with E-state index in [-0.39, 0.29) is 20.6 Å². The van der Waals surface area contributed by atoms with Gasteiger partial charge in [-0.3, -0.25) is 6.08 Å². The van der Waals surface area contributed by atoms with Gasteiger partial charge in [0.05, 0.1) is 0 Å². The van der Waals surface area contributed by atoms with Gasteiger partial charge in [0.25, 0.3) is 0 Å². The van der Waals surface area contributed by atoms with Crippen molar-refractivity contribution in [1.29, 1.82) is 0 Å². The fourth-order valence-corrected chi connectivity index (χ4v) is 5.89. The zero-order valence-electron chi connectivity index (χ0n) is 19.2. The van der Waals surface area contributed by atoms with Crippen LogP contribution in [0.4, 0.5) is 0 Å². The molecule has 0 aliphatic heterocycles. The molecule has 0 spiro atoms. The molecule has 32 heavy (non-hydrogen) atoms. The second-order valence-electron chi connectivity index (χ2n) is 8.02. The van der Waals surface area contributed by atoms with E-state index >= 15 is 0 Å². The van der Waals surface area contributed by atoms with Crippen LogP contribution in [0.25, 0.3) is 0 Å². The van der Waals surface area contributed by atoms with Crippen molar-refractivity contribution in [2.75, 3.05) is 0 Å². The van der Waals surface area contributed by atoms with Crippen LogP contribution in [0, 0.1) is 11.5 Å². The van der Waals surface area contributed by atoms with Crippen LogP contribution in [0.5, 0.6) is 0 Å². The molecule has 0 radical (unpaired) electrons. The van der Waals surface area contributed by atoms with Crippen molar-refractivity contribution in [3.05, 3.63) is 114 Å². The molecule has 1 aliphatic rings. The summed E-state index contributed by atoms with van der Waals surface area (Å²) in [5.41, 5.74) is 4.39. The first-order valence-corrected chi connectivity index (χ1v) is 16.2. The first-order chi connectivity index (χ1) is 15.3. The van der Waals surface area contributed by atoms with Gasteiger partial charge in [-0.15, -0.1) is 6.92 Å². The summed E-state index contributed by atoms with van der Waals surface area (Å²) in [6, 6.07) is 32.3. The van der Waals surface area contributed by atoms with E-state index in [0.29, 0.717) is 0 Å². The molecule has 0 nitrogen and oxygen atoms in total. The number of hydrogen-bond donors (Lipinski definition) is 0. The number of allylic oxidation sites excluding steroid dienone is 4. The van der Waals surface area contributed by atoms with Crippen LogP contribution in [0.2, 0.25) is 0 Å². The minimum absolute atomic E-state index is 0.189. The first kappa shape index (κ1) is 27.0. The standard InChI is InChI=1S/C18H15P.C10H15.2ClH.Ru/c1-4-10-16(11-5-1)19(17-12-6-2-7-13-17)18-14-8-3-9-15-18;1-7-6-10(4,5)9(3)8(7)2;;;/h1-15H;1-5H3;2*1H;/q;-1;;;+2/p-2. The summed E-state index contributed by atoms with van der Waals surface area (Å²) in [5.74, 6) is 0. The number of benzene rings is 3. The third-order valence-electron chi connectivity index (χ3n) is 5.61. The molecule has 0 bridgehead atoms. The molecule has 0 heterocycles. The molecule has 0 fully saturated rings. The van der Waals surface area contributed by atoms with Crippen molar-refractivity contribution in [2.45, 2.75) is 34.6 Å². The zero-order valence-corrected chi connectivity index (χ0v) is 23.4. The van der Waals surface area contributed by atoms with E-state index in [1.807, 2.05) is 0 Å². The summed E-state index contributed by atoms with van der Waals surface area (Å²) >= 11 is -0.346. The van der Waals surface area contributed by atoms with Crippen LogP contribution < -0.4 is 15.9 Å². The Kier molecular flexibility index (Phi) is 11.4. The molecule has 3 aromatic carbocycles. The van der Waals surface area contributed by atoms with Gasteiger partial charge in [0, 0.05) is 0 Å². The van der Waals surface area contributed by atoms with Gasteiger partial charge in [0.2, 0.25) is 0 Å². The van der Waals surface area contributed by atoms with E-state index < -0.39 is 7.92 Å². The van der Waals surface area contributed by atoms with Gasteiger partial charge in [-0.1, -0.05) is 124 Å². The van der Waals surface area contributed by atoms with Gasteiger partial charge in [0.1, 0.15) is 0 Å². The van der Waals surface area contributed by atoms with Crippen LogP contribution >= 0.6 is 27.3 Å². The van der Waals surface area contributed by atoms with Gasteiger partial charge < -0.3 is 0 Å². The van der Waals surface area contributed by atoms with E-state index in [4.69, 9.17) is 19.4 Å². The molecule has 0 atom stereocenters. The van der Waals surface area contributed by atoms with Crippen molar-refractivity contribution in [3.63, 3.8) is 0 Å². The average Bonchev–Trinajstić information content (AvgIpc) is 2.98. The number of hydrogen-bond acceptors (Lipinski definition) is 0. The maximum Gasteiger partial charge on any atom is -0.0134 e. The molecule has 0 saturated carbocycles. The third-order valence-corrected chi connectivity index (χ3v) is 8.05. The van der Waals surface area contributed by atoms with E-state index in [1.54, 1.807) is 0 Å². The van der Waals surface area contributed by atoms with Gasteiger partial charge in [-0.25, -0.2) is 5.57 Å². The van der Waals surface area contributed by atoms with Gasteiger partial charge in [-0.05, 0) is 23.8 Å². The summed E-state index contributed by atoms with van der Waals surface area (Å²) in [6.45, 7) is 10.9. The van der Waals surface area contributed by atoms with E-state index in [0.717, 1.165) is 0 Å². The van der Waals surface area contributed by atoms with Crippen LogP contribution in [0.3, 0.4) is 0 Å². The van der Waals surface area contributed by atoms with Crippen molar-refractivity contribution in [3.8, 4) is 0 Å². The Morgan fingerprint density at radius 1 is 0.656 bits per heavy atom. The Morgan fingerprint density at radius 3 is 1.16 bits per heavy atom. The maximum absolute atomic E-state index is 4.85.